The van der Waals surface area contributed by atoms with E-state index in [0.717, 1.165) is 38.8 Å². The van der Waals surface area contributed by atoms with Gasteiger partial charge in [-0.2, -0.15) is 0 Å². The van der Waals surface area contributed by atoms with E-state index in [1.807, 2.05) is 48.5 Å². The third-order valence-electron chi connectivity index (χ3n) is 5.32. The van der Waals surface area contributed by atoms with Crippen LogP contribution in [0.25, 0.3) is 25.1 Å². The van der Waals surface area contributed by atoms with E-state index in [4.69, 9.17) is 9.47 Å². The molecule has 34 heavy (non-hydrogen) atoms. The minimum atomic E-state index is -0.330. The Morgan fingerprint density at radius 1 is 0.676 bits per heavy atom. The molecule has 7 heteroatoms. The van der Waals surface area contributed by atoms with Gasteiger partial charge in [-0.3, -0.25) is 4.79 Å². The number of rotatable bonds is 6. The van der Waals surface area contributed by atoms with Crippen LogP contribution < -0.4 is 14.9 Å². The molecule has 4 aromatic carbocycles. The normalized spacial score (nSPS) is 11.1. The Labute approximate surface area is 240 Å². The molecule has 0 fully saturated rings. The maximum absolute atomic E-state index is 13.0. The van der Waals surface area contributed by atoms with Crippen molar-refractivity contribution in [1.82, 2.24) is 0 Å². The fourth-order valence-corrected chi connectivity index (χ4v) is 10.1. The Kier molecular flexibility index (Phi) is 7.61. The standard InChI is InChI=1S/C27H18I3O3S/c28-17-15-22(29)27(23(30)16-17)33-14-13-32-18-9-11-19(12-10-18)34-24-7-3-1-5-20(24)26(31)21-6-2-4-8-25(21)34/h1-12,15-16H,13-14H2/q+1. The molecule has 0 saturated carbocycles. The van der Waals surface area contributed by atoms with Gasteiger partial charge in [0.05, 0.1) is 17.9 Å². The Bertz CT molecular complexity index is 1480. The van der Waals surface area contributed by atoms with Gasteiger partial charge in [0, 0.05) is 26.2 Å². The van der Waals surface area contributed by atoms with E-state index in [1.165, 1.54) is 8.47 Å². The second-order valence-electron chi connectivity index (χ2n) is 7.49. The summed E-state index contributed by atoms with van der Waals surface area (Å²) in [7, 11) is -0.330. The molecule has 170 valence electrons. The predicted octanol–water partition coefficient (Wildman–Crippen LogP) is 8.36. The van der Waals surface area contributed by atoms with Crippen molar-refractivity contribution in [3.63, 3.8) is 0 Å². The number of fused-ring (bicyclic) bond motifs is 2. The van der Waals surface area contributed by atoms with Crippen LogP contribution in [0.3, 0.4) is 0 Å². The van der Waals surface area contributed by atoms with Crippen LogP contribution in [0.4, 0.5) is 0 Å². The lowest BCUT2D eigenvalue weighted by Gasteiger charge is -2.12. The molecule has 0 amide bonds. The first kappa shape index (κ1) is 24.3. The molecule has 0 bridgehead atoms. The van der Waals surface area contributed by atoms with Gasteiger partial charge in [0.1, 0.15) is 24.7 Å². The molecule has 0 atom stereocenters. The molecule has 3 nitrogen and oxygen atoms in total. The fourth-order valence-electron chi connectivity index (χ4n) is 3.82. The average Bonchev–Trinajstić information content (AvgIpc) is 2.84. The highest BCUT2D eigenvalue weighted by Crippen LogP contribution is 2.43. The molecule has 1 heterocycles. The van der Waals surface area contributed by atoms with Crippen molar-refractivity contribution in [3.8, 4) is 16.4 Å². The van der Waals surface area contributed by atoms with Crippen molar-refractivity contribution in [3.05, 3.63) is 106 Å². The number of benzene rings is 4. The number of halogens is 3. The Hall–Kier alpha value is -1.44. The minimum absolute atomic E-state index is 0.104. The van der Waals surface area contributed by atoms with Crippen molar-refractivity contribution in [1.29, 1.82) is 0 Å². The molecule has 0 aliphatic heterocycles. The molecule has 0 radical (unpaired) electrons. The summed E-state index contributed by atoms with van der Waals surface area (Å²) in [4.78, 5) is 14.2. The van der Waals surface area contributed by atoms with Crippen LogP contribution in [0.2, 0.25) is 0 Å². The number of hydrogen-bond donors (Lipinski definition) is 0. The van der Waals surface area contributed by atoms with Gasteiger partial charge in [-0.25, -0.2) is 0 Å². The summed E-state index contributed by atoms with van der Waals surface area (Å²) in [5.74, 6) is 1.71. The highest BCUT2D eigenvalue weighted by molar-refractivity contribution is 14.1. The summed E-state index contributed by atoms with van der Waals surface area (Å²) < 4.78 is 17.5. The lowest BCUT2D eigenvalue weighted by molar-refractivity contribution is 0.215. The molecular weight excluding hydrogens is 785 g/mol. The Balaban J connectivity index is 1.37. The third-order valence-corrected chi connectivity index (χ3v) is 9.88. The van der Waals surface area contributed by atoms with Crippen LogP contribution in [-0.2, 0) is 0 Å². The zero-order valence-electron chi connectivity index (χ0n) is 17.8. The molecule has 0 unspecified atom stereocenters. The topological polar surface area (TPSA) is 35.5 Å². The quantitative estimate of drug-likeness (QED) is 0.0750. The van der Waals surface area contributed by atoms with Crippen LogP contribution >= 0.6 is 78.2 Å². The first-order valence-corrected chi connectivity index (χ1v) is 15.0. The van der Waals surface area contributed by atoms with Crippen molar-refractivity contribution in [2.45, 2.75) is 0 Å². The average molecular weight is 803 g/mol. The van der Waals surface area contributed by atoms with Crippen molar-refractivity contribution in [2.75, 3.05) is 13.2 Å². The van der Waals surface area contributed by atoms with Gasteiger partial charge < -0.3 is 9.47 Å². The van der Waals surface area contributed by atoms with E-state index >= 15 is 0 Å². The zero-order chi connectivity index (χ0) is 23.7. The highest BCUT2D eigenvalue weighted by Gasteiger charge is 2.22. The maximum atomic E-state index is 13.0. The van der Waals surface area contributed by atoms with E-state index in [9.17, 15) is 4.79 Å². The maximum Gasteiger partial charge on any atom is 0.203 e. The molecule has 5 aromatic rings. The highest BCUT2D eigenvalue weighted by atomic mass is 127. The van der Waals surface area contributed by atoms with Crippen LogP contribution in [0.1, 0.15) is 0 Å². The first-order valence-electron chi connectivity index (χ1n) is 10.5. The smallest absolute Gasteiger partial charge is 0.203 e. The summed E-state index contributed by atoms with van der Waals surface area (Å²) in [6.07, 6.45) is 0. The lowest BCUT2D eigenvalue weighted by atomic mass is 10.2. The minimum Gasteiger partial charge on any atom is -0.490 e. The SMILES string of the molecule is O=c1c2ccccc2[s+](-c2ccc(OCCOc3c(I)cc(I)cc3I)cc2)c2ccccc12. The van der Waals surface area contributed by atoms with Crippen molar-refractivity contribution in [2.24, 2.45) is 0 Å². The second kappa shape index (κ2) is 10.7. The van der Waals surface area contributed by atoms with Gasteiger partial charge in [-0.1, -0.05) is 24.3 Å². The summed E-state index contributed by atoms with van der Waals surface area (Å²) >= 11 is 6.93. The second-order valence-corrected chi connectivity index (χ2v) is 13.0. The largest absolute Gasteiger partial charge is 0.490 e. The van der Waals surface area contributed by atoms with Gasteiger partial charge >= 0.3 is 0 Å². The third kappa shape index (κ3) is 4.93. The molecule has 1 aromatic heterocycles. The van der Waals surface area contributed by atoms with Gasteiger partial charge in [0.2, 0.25) is 5.43 Å². The van der Waals surface area contributed by atoms with Crippen LogP contribution in [-0.4, -0.2) is 13.2 Å². The van der Waals surface area contributed by atoms with E-state index in [-0.39, 0.29) is 15.9 Å². The molecule has 0 aliphatic carbocycles. The van der Waals surface area contributed by atoms with Gasteiger partial charge in [0.15, 0.2) is 14.3 Å². The van der Waals surface area contributed by atoms with Gasteiger partial charge in [0.25, 0.3) is 0 Å². The molecular formula is C27H18I3O3S+. The fraction of sp³-hybridized carbons (Fsp3) is 0.0741. The molecule has 0 spiro atoms. The van der Waals surface area contributed by atoms with Crippen LogP contribution in [0.5, 0.6) is 11.5 Å². The molecule has 0 aliphatic rings. The van der Waals surface area contributed by atoms with Crippen molar-refractivity contribution >= 4 is 98.4 Å². The van der Waals surface area contributed by atoms with E-state index in [1.54, 1.807) is 0 Å². The zero-order valence-corrected chi connectivity index (χ0v) is 25.1. The number of ether oxygens (including phenoxy) is 2. The Morgan fingerprint density at radius 3 is 1.79 bits per heavy atom. The van der Waals surface area contributed by atoms with Crippen LogP contribution in [0, 0.1) is 10.7 Å². The summed E-state index contributed by atoms with van der Waals surface area (Å²) in [6.45, 7) is 0.935. The van der Waals surface area contributed by atoms with Gasteiger partial charge in [-0.05, 0) is 116 Å². The monoisotopic (exact) mass is 803 g/mol. The Morgan fingerprint density at radius 2 is 1.21 bits per heavy atom. The van der Waals surface area contributed by atoms with E-state index < -0.39 is 0 Å². The van der Waals surface area contributed by atoms with E-state index in [0.29, 0.717) is 13.2 Å². The van der Waals surface area contributed by atoms with Gasteiger partial charge in [-0.15, -0.1) is 0 Å². The van der Waals surface area contributed by atoms with Crippen molar-refractivity contribution < 1.29 is 9.47 Å². The summed E-state index contributed by atoms with van der Waals surface area (Å²) in [5, 5.41) is 1.59. The molecule has 5 rings (SSSR count). The first-order chi connectivity index (χ1) is 16.5. The molecule has 0 saturated heterocycles. The molecule has 0 N–H and O–H groups in total. The van der Waals surface area contributed by atoms with Crippen LogP contribution in [0.15, 0.2) is 89.7 Å². The van der Waals surface area contributed by atoms with E-state index in [2.05, 4.69) is 104 Å². The predicted molar refractivity (Wildman–Crippen MR) is 167 cm³/mol. The summed E-state index contributed by atoms with van der Waals surface area (Å²) in [5.41, 5.74) is 0.104. The number of hydrogen-bond acceptors (Lipinski definition) is 3. The lowest BCUT2D eigenvalue weighted by Crippen LogP contribution is -2.10. The summed E-state index contributed by atoms with van der Waals surface area (Å²) in [6, 6.07) is 28.3.